The highest BCUT2D eigenvalue weighted by molar-refractivity contribution is 6.13. The van der Waals surface area contributed by atoms with E-state index in [0.717, 1.165) is 6.42 Å². The molecule has 0 bridgehead atoms. The predicted octanol–water partition coefficient (Wildman–Crippen LogP) is 6.37. The van der Waals surface area contributed by atoms with Crippen LogP contribution in [-0.2, 0) is 6.42 Å². The van der Waals surface area contributed by atoms with Crippen molar-refractivity contribution in [1.29, 1.82) is 0 Å². The Bertz CT molecular complexity index is 809. The largest absolute Gasteiger partial charge is 0.0955 e. The summed E-state index contributed by atoms with van der Waals surface area (Å²) in [4.78, 5) is 0. The quantitative estimate of drug-likeness (QED) is 0.485. The second-order valence-corrected chi connectivity index (χ2v) is 5.83. The van der Waals surface area contributed by atoms with Crippen LogP contribution in [0.2, 0.25) is 0 Å². The van der Waals surface area contributed by atoms with E-state index in [1.165, 1.54) is 51.1 Å². The van der Waals surface area contributed by atoms with Gasteiger partial charge in [0.15, 0.2) is 0 Å². The molecule has 0 unspecified atom stereocenters. The van der Waals surface area contributed by atoms with Crippen molar-refractivity contribution in [2.45, 2.75) is 33.1 Å². The van der Waals surface area contributed by atoms with Gasteiger partial charge in [0.05, 0.1) is 0 Å². The fraction of sp³-hybridized carbons (Fsp3) is 0.238. The molecule has 0 aliphatic rings. The van der Waals surface area contributed by atoms with Gasteiger partial charge in [0, 0.05) is 0 Å². The van der Waals surface area contributed by atoms with Gasteiger partial charge in [0.2, 0.25) is 0 Å². The SMILES string of the molecule is C=C(C)c1c(CCCC)c2ccccc2c2ccccc12. The average molecular weight is 274 g/mol. The lowest BCUT2D eigenvalue weighted by molar-refractivity contribution is 0.798. The van der Waals surface area contributed by atoms with Crippen LogP contribution in [0.1, 0.15) is 37.8 Å². The van der Waals surface area contributed by atoms with Crippen molar-refractivity contribution in [3.8, 4) is 0 Å². The maximum Gasteiger partial charge on any atom is -0.00991 e. The smallest absolute Gasteiger partial charge is 0.00991 e. The van der Waals surface area contributed by atoms with Gasteiger partial charge in [-0.05, 0) is 52.4 Å². The van der Waals surface area contributed by atoms with Crippen molar-refractivity contribution < 1.29 is 0 Å². The van der Waals surface area contributed by atoms with E-state index in [4.69, 9.17) is 0 Å². The fourth-order valence-corrected chi connectivity index (χ4v) is 3.32. The van der Waals surface area contributed by atoms with Crippen molar-refractivity contribution in [3.63, 3.8) is 0 Å². The number of rotatable bonds is 4. The third kappa shape index (κ3) is 2.35. The Kier molecular flexibility index (Phi) is 3.79. The van der Waals surface area contributed by atoms with Crippen molar-refractivity contribution in [2.24, 2.45) is 0 Å². The summed E-state index contributed by atoms with van der Waals surface area (Å²) in [6, 6.07) is 17.5. The van der Waals surface area contributed by atoms with Crippen molar-refractivity contribution in [1.82, 2.24) is 0 Å². The van der Waals surface area contributed by atoms with Crippen LogP contribution >= 0.6 is 0 Å². The number of allylic oxidation sites excluding steroid dienone is 1. The maximum atomic E-state index is 4.25. The Morgan fingerprint density at radius 2 is 1.38 bits per heavy atom. The second-order valence-electron chi connectivity index (χ2n) is 5.83. The van der Waals surface area contributed by atoms with E-state index in [2.05, 4.69) is 69.0 Å². The van der Waals surface area contributed by atoms with Crippen molar-refractivity contribution in [3.05, 3.63) is 66.2 Å². The Morgan fingerprint density at radius 3 is 1.95 bits per heavy atom. The molecule has 0 atom stereocenters. The number of fused-ring (bicyclic) bond motifs is 3. The van der Waals surface area contributed by atoms with E-state index in [0.29, 0.717) is 0 Å². The summed E-state index contributed by atoms with van der Waals surface area (Å²) in [6.45, 7) is 8.64. The van der Waals surface area contributed by atoms with Gasteiger partial charge in [-0.15, -0.1) is 0 Å². The van der Waals surface area contributed by atoms with Crippen LogP contribution in [0.5, 0.6) is 0 Å². The molecule has 0 saturated heterocycles. The highest BCUT2D eigenvalue weighted by atomic mass is 14.2. The minimum absolute atomic E-state index is 1.13. The number of hydrogen-bond donors (Lipinski definition) is 0. The fourth-order valence-electron chi connectivity index (χ4n) is 3.32. The Hall–Kier alpha value is -2.08. The summed E-state index contributed by atoms with van der Waals surface area (Å²) < 4.78 is 0. The summed E-state index contributed by atoms with van der Waals surface area (Å²) in [6.07, 6.45) is 3.57. The highest BCUT2D eigenvalue weighted by Crippen LogP contribution is 2.36. The van der Waals surface area contributed by atoms with E-state index >= 15 is 0 Å². The van der Waals surface area contributed by atoms with Crippen LogP contribution < -0.4 is 0 Å². The first-order valence-electron chi connectivity index (χ1n) is 7.82. The van der Waals surface area contributed by atoms with Crippen LogP contribution in [0.15, 0.2) is 55.1 Å². The number of hydrogen-bond acceptors (Lipinski definition) is 0. The first-order chi connectivity index (χ1) is 10.2. The first-order valence-corrected chi connectivity index (χ1v) is 7.82. The predicted molar refractivity (Wildman–Crippen MR) is 94.8 cm³/mol. The zero-order chi connectivity index (χ0) is 14.8. The van der Waals surface area contributed by atoms with E-state index in [1.807, 2.05) is 0 Å². The molecule has 0 spiro atoms. The molecular weight excluding hydrogens is 252 g/mol. The molecule has 0 aliphatic heterocycles. The van der Waals surface area contributed by atoms with E-state index in [1.54, 1.807) is 0 Å². The molecule has 0 heteroatoms. The molecule has 0 saturated carbocycles. The maximum absolute atomic E-state index is 4.25. The van der Waals surface area contributed by atoms with Gasteiger partial charge in [-0.3, -0.25) is 0 Å². The van der Waals surface area contributed by atoms with Gasteiger partial charge in [0.1, 0.15) is 0 Å². The van der Waals surface area contributed by atoms with Gasteiger partial charge in [-0.2, -0.15) is 0 Å². The molecule has 0 aliphatic carbocycles. The lowest BCUT2D eigenvalue weighted by atomic mass is 9.87. The topological polar surface area (TPSA) is 0 Å². The summed E-state index contributed by atoms with van der Waals surface area (Å²) in [5.74, 6) is 0. The summed E-state index contributed by atoms with van der Waals surface area (Å²) in [5, 5.41) is 5.44. The van der Waals surface area contributed by atoms with Crippen LogP contribution in [-0.4, -0.2) is 0 Å². The lowest BCUT2D eigenvalue weighted by Gasteiger charge is -2.17. The van der Waals surface area contributed by atoms with Crippen LogP contribution in [0.3, 0.4) is 0 Å². The molecule has 3 rings (SSSR count). The van der Waals surface area contributed by atoms with Gasteiger partial charge in [0.25, 0.3) is 0 Å². The normalized spacial score (nSPS) is 11.1. The molecule has 0 heterocycles. The standard InChI is InChI=1S/C21H22/c1-4-5-10-19-17-12-7-6-11-16(17)18-13-8-9-14-20(18)21(19)15(2)3/h6-9,11-14H,2,4-5,10H2,1,3H3. The summed E-state index contributed by atoms with van der Waals surface area (Å²) in [5.41, 5.74) is 4.00. The second kappa shape index (κ2) is 5.73. The number of benzene rings is 3. The molecular formula is C21H22. The Morgan fingerprint density at radius 1 is 0.857 bits per heavy atom. The Balaban J connectivity index is 2.48. The van der Waals surface area contributed by atoms with E-state index in [9.17, 15) is 0 Å². The minimum atomic E-state index is 1.13. The minimum Gasteiger partial charge on any atom is -0.0955 e. The molecule has 0 radical (unpaired) electrons. The molecule has 3 aromatic carbocycles. The summed E-state index contributed by atoms with van der Waals surface area (Å²) in [7, 11) is 0. The number of aryl methyl sites for hydroxylation is 1. The van der Waals surface area contributed by atoms with Crippen LogP contribution in [0.4, 0.5) is 0 Å². The molecule has 0 aromatic heterocycles. The van der Waals surface area contributed by atoms with Crippen molar-refractivity contribution >= 4 is 27.1 Å². The molecule has 21 heavy (non-hydrogen) atoms. The average Bonchev–Trinajstić information content (AvgIpc) is 2.52. The zero-order valence-corrected chi connectivity index (χ0v) is 12.9. The Labute approximate surface area is 127 Å². The summed E-state index contributed by atoms with van der Waals surface area (Å²) >= 11 is 0. The van der Waals surface area contributed by atoms with E-state index < -0.39 is 0 Å². The monoisotopic (exact) mass is 274 g/mol. The molecule has 3 aromatic rings. The first kappa shape index (κ1) is 13.9. The van der Waals surface area contributed by atoms with Crippen molar-refractivity contribution in [2.75, 3.05) is 0 Å². The van der Waals surface area contributed by atoms with Crippen LogP contribution in [0.25, 0.3) is 27.1 Å². The van der Waals surface area contributed by atoms with Gasteiger partial charge in [-0.1, -0.05) is 74.0 Å². The third-order valence-corrected chi connectivity index (χ3v) is 4.25. The third-order valence-electron chi connectivity index (χ3n) is 4.25. The molecule has 106 valence electrons. The molecule has 0 amide bonds. The molecule has 0 nitrogen and oxygen atoms in total. The van der Waals surface area contributed by atoms with Gasteiger partial charge in [-0.25, -0.2) is 0 Å². The highest BCUT2D eigenvalue weighted by Gasteiger charge is 2.13. The lowest BCUT2D eigenvalue weighted by Crippen LogP contribution is -1.96. The van der Waals surface area contributed by atoms with Gasteiger partial charge >= 0.3 is 0 Å². The zero-order valence-electron chi connectivity index (χ0n) is 12.9. The number of unbranched alkanes of at least 4 members (excludes halogenated alkanes) is 1. The molecule has 0 N–H and O–H groups in total. The van der Waals surface area contributed by atoms with E-state index in [-0.39, 0.29) is 0 Å². The molecule has 0 fully saturated rings. The van der Waals surface area contributed by atoms with Gasteiger partial charge < -0.3 is 0 Å². The van der Waals surface area contributed by atoms with Crippen LogP contribution in [0, 0.1) is 0 Å².